The van der Waals surface area contributed by atoms with E-state index in [0.717, 1.165) is 44.8 Å². The lowest BCUT2D eigenvalue weighted by molar-refractivity contribution is -0.139. The van der Waals surface area contributed by atoms with Gasteiger partial charge in [-0.3, -0.25) is 14.5 Å². The number of benzene rings is 1. The Morgan fingerprint density at radius 3 is 2.43 bits per heavy atom. The van der Waals surface area contributed by atoms with Gasteiger partial charge in [-0.15, -0.1) is 0 Å². The average Bonchev–Trinajstić information content (AvgIpc) is 2.58. The molecule has 2 amide bonds. The predicted molar refractivity (Wildman–Crippen MR) is 83.1 cm³/mol. The fourth-order valence-electron chi connectivity index (χ4n) is 2.27. The number of morpholine rings is 1. The first kappa shape index (κ1) is 17.4. The minimum atomic E-state index is -0.680. The highest BCUT2D eigenvalue weighted by atomic mass is 19.1. The van der Waals surface area contributed by atoms with Gasteiger partial charge in [-0.2, -0.15) is 0 Å². The Hall–Kier alpha value is -1.99. The van der Waals surface area contributed by atoms with Crippen LogP contribution in [0.2, 0.25) is 0 Å². The third kappa shape index (κ3) is 6.33. The van der Waals surface area contributed by atoms with E-state index >= 15 is 0 Å². The number of hydrogen-bond donors (Lipinski definition) is 2. The maximum absolute atomic E-state index is 12.8. The van der Waals surface area contributed by atoms with Gasteiger partial charge in [0.2, 0.25) is 0 Å². The van der Waals surface area contributed by atoms with Crippen molar-refractivity contribution in [2.75, 3.05) is 39.4 Å². The van der Waals surface area contributed by atoms with Crippen LogP contribution < -0.4 is 10.6 Å². The smallest absolute Gasteiger partial charge is 0.309 e. The molecule has 1 aromatic carbocycles. The first-order valence-electron chi connectivity index (χ1n) is 7.76. The van der Waals surface area contributed by atoms with Gasteiger partial charge in [0.1, 0.15) is 5.82 Å². The molecule has 0 unspecified atom stereocenters. The number of halogens is 1. The average molecular weight is 323 g/mol. The van der Waals surface area contributed by atoms with Gasteiger partial charge in [-0.25, -0.2) is 4.39 Å². The summed E-state index contributed by atoms with van der Waals surface area (Å²) in [5, 5.41) is 5.11. The molecule has 0 saturated carbocycles. The Morgan fingerprint density at radius 1 is 1.09 bits per heavy atom. The summed E-state index contributed by atoms with van der Waals surface area (Å²) in [6.07, 6.45) is 0.789. The first-order valence-corrected chi connectivity index (χ1v) is 7.76. The van der Waals surface area contributed by atoms with Crippen molar-refractivity contribution < 1.29 is 18.7 Å². The van der Waals surface area contributed by atoms with Gasteiger partial charge in [-0.1, -0.05) is 12.1 Å². The number of rotatable bonds is 6. The number of amides is 2. The number of nitrogens with zero attached hydrogens (tertiary/aromatic N) is 1. The molecule has 2 rings (SSSR count). The first-order chi connectivity index (χ1) is 11.1. The highest BCUT2D eigenvalue weighted by Gasteiger charge is 2.13. The molecular weight excluding hydrogens is 301 g/mol. The van der Waals surface area contributed by atoms with Crippen LogP contribution >= 0.6 is 0 Å². The second-order valence-corrected chi connectivity index (χ2v) is 5.37. The van der Waals surface area contributed by atoms with Crippen LogP contribution in [0, 0.1) is 5.82 Å². The van der Waals surface area contributed by atoms with Gasteiger partial charge in [0.25, 0.3) is 0 Å². The van der Waals surface area contributed by atoms with Crippen molar-refractivity contribution >= 4 is 11.8 Å². The van der Waals surface area contributed by atoms with Gasteiger partial charge in [0.15, 0.2) is 0 Å². The molecule has 0 aromatic heterocycles. The molecule has 1 aliphatic rings. The van der Waals surface area contributed by atoms with Crippen LogP contribution in [-0.4, -0.2) is 56.1 Å². The highest BCUT2D eigenvalue weighted by molar-refractivity contribution is 6.35. The van der Waals surface area contributed by atoms with Crippen molar-refractivity contribution in [3.63, 3.8) is 0 Å². The minimum absolute atomic E-state index is 0.195. The fourth-order valence-corrected chi connectivity index (χ4v) is 2.27. The summed E-state index contributed by atoms with van der Waals surface area (Å²) in [4.78, 5) is 25.6. The summed E-state index contributed by atoms with van der Waals surface area (Å²) in [7, 11) is 0. The molecule has 1 saturated heterocycles. The van der Waals surface area contributed by atoms with E-state index in [4.69, 9.17) is 4.74 Å². The summed E-state index contributed by atoms with van der Waals surface area (Å²) in [6, 6.07) is 5.76. The number of nitrogens with one attached hydrogen (secondary N) is 2. The molecule has 1 fully saturated rings. The lowest BCUT2D eigenvalue weighted by Crippen LogP contribution is -2.41. The summed E-state index contributed by atoms with van der Waals surface area (Å²) >= 11 is 0. The molecule has 2 N–H and O–H groups in total. The normalized spacial score (nSPS) is 15.2. The van der Waals surface area contributed by atoms with E-state index in [1.165, 1.54) is 12.1 Å². The predicted octanol–water partition coefficient (Wildman–Crippen LogP) is 0.280. The molecule has 0 aliphatic carbocycles. The fraction of sp³-hybridized carbons (Fsp3) is 0.500. The molecule has 0 bridgehead atoms. The number of hydrogen-bond acceptors (Lipinski definition) is 4. The Labute approximate surface area is 135 Å². The van der Waals surface area contributed by atoms with Crippen molar-refractivity contribution in [2.24, 2.45) is 0 Å². The zero-order valence-corrected chi connectivity index (χ0v) is 13.0. The van der Waals surface area contributed by atoms with E-state index < -0.39 is 11.8 Å². The van der Waals surface area contributed by atoms with Gasteiger partial charge >= 0.3 is 11.8 Å². The van der Waals surface area contributed by atoms with Crippen molar-refractivity contribution in [2.45, 2.75) is 13.0 Å². The zero-order chi connectivity index (χ0) is 16.5. The van der Waals surface area contributed by atoms with Crippen LogP contribution in [0.4, 0.5) is 4.39 Å². The van der Waals surface area contributed by atoms with Gasteiger partial charge in [0.05, 0.1) is 13.2 Å². The Bertz CT molecular complexity index is 516. The van der Waals surface area contributed by atoms with Crippen LogP contribution in [0.5, 0.6) is 0 Å². The molecule has 6 nitrogen and oxygen atoms in total. The SMILES string of the molecule is O=C(NCCCN1CCOCC1)C(=O)NCc1ccc(F)cc1. The zero-order valence-electron chi connectivity index (χ0n) is 13.0. The van der Waals surface area contributed by atoms with Crippen molar-refractivity contribution in [1.82, 2.24) is 15.5 Å². The lowest BCUT2D eigenvalue weighted by atomic mass is 10.2. The number of ether oxygens (including phenoxy) is 1. The Balaban J connectivity index is 1.59. The summed E-state index contributed by atoms with van der Waals surface area (Å²) in [5.41, 5.74) is 0.736. The monoisotopic (exact) mass is 323 g/mol. The quantitative estimate of drug-likeness (QED) is 0.583. The van der Waals surface area contributed by atoms with E-state index in [9.17, 15) is 14.0 Å². The van der Waals surface area contributed by atoms with Crippen LogP contribution in [0.25, 0.3) is 0 Å². The third-order valence-electron chi connectivity index (χ3n) is 3.61. The molecule has 0 radical (unpaired) electrons. The second-order valence-electron chi connectivity index (χ2n) is 5.37. The molecule has 1 heterocycles. The van der Waals surface area contributed by atoms with Crippen molar-refractivity contribution in [1.29, 1.82) is 0 Å². The van der Waals surface area contributed by atoms with Crippen molar-refractivity contribution in [3.05, 3.63) is 35.6 Å². The lowest BCUT2D eigenvalue weighted by Gasteiger charge is -2.26. The molecule has 7 heteroatoms. The van der Waals surface area contributed by atoms with E-state index in [2.05, 4.69) is 15.5 Å². The third-order valence-corrected chi connectivity index (χ3v) is 3.61. The number of carbonyl (C=O) groups excluding carboxylic acids is 2. The van der Waals surface area contributed by atoms with E-state index in [1.54, 1.807) is 12.1 Å². The van der Waals surface area contributed by atoms with Crippen LogP contribution in [0.1, 0.15) is 12.0 Å². The molecule has 1 aliphatic heterocycles. The van der Waals surface area contributed by atoms with Crippen LogP contribution in [0.15, 0.2) is 24.3 Å². The van der Waals surface area contributed by atoms with Crippen molar-refractivity contribution in [3.8, 4) is 0 Å². The second kappa shape index (κ2) is 9.22. The number of carbonyl (C=O) groups is 2. The Kier molecular flexibility index (Phi) is 6.96. The molecule has 126 valence electrons. The molecular formula is C16H22FN3O3. The molecule has 1 aromatic rings. The summed E-state index contributed by atoms with van der Waals surface area (Å²) in [6.45, 7) is 4.84. The standard InChI is InChI=1S/C16H22FN3O3/c17-14-4-2-13(3-5-14)12-19-16(22)15(21)18-6-1-7-20-8-10-23-11-9-20/h2-5H,1,6-12H2,(H,18,21)(H,19,22). The van der Waals surface area contributed by atoms with Gasteiger partial charge < -0.3 is 15.4 Å². The van der Waals surface area contributed by atoms with E-state index in [-0.39, 0.29) is 12.4 Å². The van der Waals surface area contributed by atoms with E-state index in [1.807, 2.05) is 0 Å². The molecule has 23 heavy (non-hydrogen) atoms. The molecule has 0 spiro atoms. The maximum atomic E-state index is 12.8. The Morgan fingerprint density at radius 2 is 1.74 bits per heavy atom. The summed E-state index contributed by atoms with van der Waals surface area (Å²) < 4.78 is 18.0. The molecule has 0 atom stereocenters. The van der Waals surface area contributed by atoms with Crippen LogP contribution in [0.3, 0.4) is 0 Å². The van der Waals surface area contributed by atoms with Crippen LogP contribution in [-0.2, 0) is 20.9 Å². The highest BCUT2D eigenvalue weighted by Crippen LogP contribution is 2.02. The largest absolute Gasteiger partial charge is 0.379 e. The van der Waals surface area contributed by atoms with E-state index in [0.29, 0.717) is 6.54 Å². The maximum Gasteiger partial charge on any atom is 0.309 e. The van der Waals surface area contributed by atoms with Gasteiger partial charge in [-0.05, 0) is 30.7 Å². The topological polar surface area (TPSA) is 70.7 Å². The minimum Gasteiger partial charge on any atom is -0.379 e. The summed E-state index contributed by atoms with van der Waals surface area (Å²) in [5.74, 6) is -1.66. The van der Waals surface area contributed by atoms with Gasteiger partial charge in [0, 0.05) is 26.2 Å².